The third-order valence-corrected chi connectivity index (χ3v) is 2.10. The molecule has 16 heavy (non-hydrogen) atoms. The summed E-state index contributed by atoms with van der Waals surface area (Å²) in [5.74, 6) is 0.662. The van der Waals surface area contributed by atoms with Crippen LogP contribution >= 0.6 is 0 Å². The number of benzene rings is 2. The van der Waals surface area contributed by atoms with Crippen molar-refractivity contribution < 1.29 is 10.2 Å². The van der Waals surface area contributed by atoms with E-state index in [0.29, 0.717) is 11.5 Å². The van der Waals surface area contributed by atoms with Gasteiger partial charge in [-0.25, -0.2) is 0 Å². The Labute approximate surface area is 95.8 Å². The zero-order valence-electron chi connectivity index (χ0n) is 9.30. The Hall–Kier alpha value is -1.96. The number of rotatable bonds is 1. The quantitative estimate of drug-likeness (QED) is 0.767. The van der Waals surface area contributed by atoms with Crippen LogP contribution in [0.5, 0.6) is 11.5 Å². The fraction of sp³-hybridized carbons (Fsp3) is 0.143. The van der Waals surface area contributed by atoms with Crippen LogP contribution in [0.4, 0.5) is 0 Å². The van der Waals surface area contributed by atoms with E-state index in [1.165, 1.54) is 5.56 Å². The molecule has 0 aliphatic rings. The summed E-state index contributed by atoms with van der Waals surface area (Å²) in [7, 11) is 0. The monoisotopic (exact) mass is 216 g/mol. The first-order chi connectivity index (χ1) is 7.72. The molecule has 0 heterocycles. The summed E-state index contributed by atoms with van der Waals surface area (Å²) in [5, 5.41) is 17.5. The van der Waals surface area contributed by atoms with Crippen molar-refractivity contribution in [3.8, 4) is 11.5 Å². The van der Waals surface area contributed by atoms with Crippen molar-refractivity contribution in [2.45, 2.75) is 13.3 Å². The zero-order chi connectivity index (χ0) is 11.8. The maximum atomic E-state index is 8.85. The minimum Gasteiger partial charge on any atom is -0.508 e. The molecule has 0 bridgehead atoms. The minimum absolute atomic E-state index is 0.322. The van der Waals surface area contributed by atoms with Crippen molar-refractivity contribution in [3.63, 3.8) is 0 Å². The van der Waals surface area contributed by atoms with Crippen molar-refractivity contribution >= 4 is 0 Å². The maximum Gasteiger partial charge on any atom is 0.115 e. The van der Waals surface area contributed by atoms with Gasteiger partial charge in [-0.15, -0.1) is 0 Å². The Kier molecular flexibility index (Phi) is 4.93. The Morgan fingerprint density at radius 3 is 1.62 bits per heavy atom. The maximum absolute atomic E-state index is 8.85. The average Bonchev–Trinajstić information content (AvgIpc) is 2.32. The van der Waals surface area contributed by atoms with Crippen molar-refractivity contribution in [1.29, 1.82) is 0 Å². The van der Waals surface area contributed by atoms with E-state index < -0.39 is 0 Å². The SMILES string of the molecule is CCc1ccc(O)cc1.Oc1ccccc1. The van der Waals surface area contributed by atoms with Gasteiger partial charge in [0.25, 0.3) is 0 Å². The van der Waals surface area contributed by atoms with Crippen LogP contribution in [0.3, 0.4) is 0 Å². The van der Waals surface area contributed by atoms with Gasteiger partial charge >= 0.3 is 0 Å². The van der Waals surface area contributed by atoms with Gasteiger partial charge in [0.05, 0.1) is 0 Å². The highest BCUT2D eigenvalue weighted by molar-refractivity contribution is 5.25. The molecule has 0 unspecified atom stereocenters. The summed E-state index contributed by atoms with van der Waals surface area (Å²) in [6.07, 6.45) is 1.03. The molecule has 0 fully saturated rings. The van der Waals surface area contributed by atoms with Crippen molar-refractivity contribution in [1.82, 2.24) is 0 Å². The largest absolute Gasteiger partial charge is 0.508 e. The molecule has 0 radical (unpaired) electrons. The van der Waals surface area contributed by atoms with Crippen molar-refractivity contribution in [3.05, 3.63) is 60.2 Å². The number of phenols is 2. The lowest BCUT2D eigenvalue weighted by Crippen LogP contribution is -1.75. The van der Waals surface area contributed by atoms with Gasteiger partial charge in [-0.2, -0.15) is 0 Å². The fourth-order valence-corrected chi connectivity index (χ4v) is 1.16. The number of hydrogen-bond acceptors (Lipinski definition) is 2. The molecule has 2 aromatic carbocycles. The van der Waals surface area contributed by atoms with E-state index in [4.69, 9.17) is 10.2 Å². The molecule has 2 heteroatoms. The summed E-state index contributed by atoms with van der Waals surface area (Å²) < 4.78 is 0. The molecule has 0 aliphatic heterocycles. The van der Waals surface area contributed by atoms with Gasteiger partial charge < -0.3 is 10.2 Å². The predicted molar refractivity (Wildman–Crippen MR) is 65.6 cm³/mol. The van der Waals surface area contributed by atoms with Gasteiger partial charge in [0.1, 0.15) is 11.5 Å². The molecular formula is C14H16O2. The number of aryl methyl sites for hydroxylation is 1. The highest BCUT2D eigenvalue weighted by atomic mass is 16.3. The second-order valence-corrected chi connectivity index (χ2v) is 3.36. The molecule has 84 valence electrons. The van der Waals surface area contributed by atoms with Crippen molar-refractivity contribution in [2.75, 3.05) is 0 Å². The van der Waals surface area contributed by atoms with E-state index in [9.17, 15) is 0 Å². The third kappa shape index (κ3) is 4.51. The van der Waals surface area contributed by atoms with Crippen LogP contribution in [0.15, 0.2) is 54.6 Å². The van der Waals surface area contributed by atoms with Gasteiger partial charge in [0, 0.05) is 0 Å². The number of phenolic OH excluding ortho intramolecular Hbond substituents is 2. The molecule has 0 saturated carbocycles. The minimum atomic E-state index is 0.322. The van der Waals surface area contributed by atoms with Crippen LogP contribution < -0.4 is 0 Å². The highest BCUT2D eigenvalue weighted by Gasteiger charge is 1.86. The van der Waals surface area contributed by atoms with Crippen LogP contribution in [-0.4, -0.2) is 10.2 Å². The molecule has 0 aromatic heterocycles. The Morgan fingerprint density at radius 2 is 1.25 bits per heavy atom. The van der Waals surface area contributed by atoms with E-state index in [2.05, 4.69) is 6.92 Å². The zero-order valence-corrected chi connectivity index (χ0v) is 9.30. The molecular weight excluding hydrogens is 200 g/mol. The lowest BCUT2D eigenvalue weighted by Gasteiger charge is -1.93. The van der Waals surface area contributed by atoms with Crippen LogP contribution in [0, 0.1) is 0 Å². The van der Waals surface area contributed by atoms with Gasteiger partial charge in [0.2, 0.25) is 0 Å². The molecule has 2 aromatic rings. The van der Waals surface area contributed by atoms with Gasteiger partial charge in [0.15, 0.2) is 0 Å². The molecule has 0 amide bonds. The second kappa shape index (κ2) is 6.51. The lowest BCUT2D eigenvalue weighted by atomic mass is 10.2. The molecule has 0 atom stereocenters. The second-order valence-electron chi connectivity index (χ2n) is 3.36. The van der Waals surface area contributed by atoms with Gasteiger partial charge in [-0.05, 0) is 36.2 Å². The van der Waals surface area contributed by atoms with E-state index in [1.807, 2.05) is 18.2 Å². The highest BCUT2D eigenvalue weighted by Crippen LogP contribution is 2.09. The van der Waals surface area contributed by atoms with E-state index >= 15 is 0 Å². The van der Waals surface area contributed by atoms with Crippen LogP contribution in [0.2, 0.25) is 0 Å². The van der Waals surface area contributed by atoms with Gasteiger partial charge in [-0.1, -0.05) is 37.3 Å². The molecule has 2 N–H and O–H groups in total. The van der Waals surface area contributed by atoms with E-state index in [0.717, 1.165) is 6.42 Å². The predicted octanol–water partition coefficient (Wildman–Crippen LogP) is 3.35. The number of aromatic hydroxyl groups is 2. The molecule has 2 rings (SSSR count). The van der Waals surface area contributed by atoms with Crippen LogP contribution in [0.25, 0.3) is 0 Å². The molecule has 0 spiro atoms. The Bertz CT molecular complexity index is 393. The third-order valence-electron chi connectivity index (χ3n) is 2.10. The molecule has 2 nitrogen and oxygen atoms in total. The first-order valence-electron chi connectivity index (χ1n) is 5.24. The summed E-state index contributed by atoms with van der Waals surface area (Å²) >= 11 is 0. The fourth-order valence-electron chi connectivity index (χ4n) is 1.16. The average molecular weight is 216 g/mol. The smallest absolute Gasteiger partial charge is 0.115 e. The first kappa shape index (κ1) is 12.1. The van der Waals surface area contributed by atoms with E-state index in [1.54, 1.807) is 36.4 Å². The lowest BCUT2D eigenvalue weighted by molar-refractivity contribution is 0.474. The van der Waals surface area contributed by atoms with Crippen LogP contribution in [-0.2, 0) is 6.42 Å². The first-order valence-corrected chi connectivity index (χ1v) is 5.24. The summed E-state index contributed by atoms with van der Waals surface area (Å²) in [4.78, 5) is 0. The van der Waals surface area contributed by atoms with Crippen molar-refractivity contribution in [2.24, 2.45) is 0 Å². The molecule has 0 saturated heterocycles. The number of para-hydroxylation sites is 1. The molecule has 0 aliphatic carbocycles. The Morgan fingerprint density at radius 1 is 0.750 bits per heavy atom. The summed E-state index contributed by atoms with van der Waals surface area (Å²) in [6, 6.07) is 16.0. The van der Waals surface area contributed by atoms with Gasteiger partial charge in [-0.3, -0.25) is 0 Å². The summed E-state index contributed by atoms with van der Waals surface area (Å²) in [5.41, 5.74) is 1.26. The normalized spacial score (nSPS) is 9.06. The topological polar surface area (TPSA) is 40.5 Å². The number of hydrogen-bond donors (Lipinski definition) is 2. The summed E-state index contributed by atoms with van der Waals surface area (Å²) in [6.45, 7) is 2.09. The van der Waals surface area contributed by atoms with E-state index in [-0.39, 0.29) is 0 Å². The van der Waals surface area contributed by atoms with Crippen LogP contribution in [0.1, 0.15) is 12.5 Å². The standard InChI is InChI=1S/C8H10O.C6H6O/c1-2-7-3-5-8(9)6-4-7;7-6-4-2-1-3-5-6/h3-6,9H,2H2,1H3;1-5,7H. The Balaban J connectivity index is 0.000000165.